The van der Waals surface area contributed by atoms with E-state index in [9.17, 15) is 26.3 Å². The second-order valence-corrected chi connectivity index (χ2v) is 4.96. The highest BCUT2D eigenvalue weighted by Gasteiger charge is 2.96. The Morgan fingerprint density at radius 2 is 0.667 bits per heavy atom. The molecule has 1 aliphatic carbocycles. The Morgan fingerprint density at radius 3 is 0.733 bits per heavy atom. The van der Waals surface area contributed by atoms with Crippen LogP contribution in [-0.4, -0.2) is 26.4 Å². The molecule has 0 unspecified atom stereocenters. The number of rotatable bonds is 0. The third-order valence-corrected chi connectivity index (χ3v) is 4.30. The molecule has 1 rings (SSSR count). The van der Waals surface area contributed by atoms with Crippen LogP contribution in [0.2, 0.25) is 0 Å². The third-order valence-electron chi connectivity index (χ3n) is 1.97. The lowest BCUT2D eigenvalue weighted by Gasteiger charge is -2.27. The van der Waals surface area contributed by atoms with Gasteiger partial charge in [0.25, 0.3) is 10.3 Å². The molecule has 0 aliphatic heterocycles. The molecule has 1 fully saturated rings. The summed E-state index contributed by atoms with van der Waals surface area (Å²) in [6.45, 7) is 0. The Kier molecular flexibility index (Phi) is 2.71. The predicted molar refractivity (Wildman–Crippen MR) is 43.7 cm³/mol. The summed E-state index contributed by atoms with van der Waals surface area (Å²) in [5.41, 5.74) is 0. The van der Waals surface area contributed by atoms with Gasteiger partial charge in [-0.1, -0.05) is 46.4 Å². The molecule has 0 N–H and O–H groups in total. The van der Waals surface area contributed by atoms with Crippen molar-refractivity contribution in [3.63, 3.8) is 0 Å². The van der Waals surface area contributed by atoms with Crippen LogP contribution in [0.4, 0.5) is 26.3 Å². The first kappa shape index (κ1) is 13.8. The molecule has 0 amide bonds. The van der Waals surface area contributed by atoms with Crippen molar-refractivity contribution < 1.29 is 26.3 Å². The minimum atomic E-state index is -5.46. The standard InChI is InChI=1S/C5Cl4F6/c6-1(10)2(7,11)4(9,13)5(14,15)3(1,8)12/t1-,2-,3-,4-/m0/s1. The molecule has 10 heteroatoms. The van der Waals surface area contributed by atoms with Crippen LogP contribution in [0.1, 0.15) is 0 Å². The Bertz CT molecular complexity index is 208. The largest absolute Gasteiger partial charge is 0.351 e. The van der Waals surface area contributed by atoms with Gasteiger partial charge < -0.3 is 0 Å². The average molecular weight is 316 g/mol. The summed E-state index contributed by atoms with van der Waals surface area (Å²) in [5.74, 6) is -5.46. The van der Waals surface area contributed by atoms with Crippen LogP contribution in [0.5, 0.6) is 0 Å². The topological polar surface area (TPSA) is 0 Å². The van der Waals surface area contributed by atoms with Crippen molar-refractivity contribution in [1.29, 1.82) is 0 Å². The summed E-state index contributed by atoms with van der Waals surface area (Å²) >= 11 is 17.6. The summed E-state index contributed by atoms with van der Waals surface area (Å²) in [4.78, 5) is 0. The monoisotopic (exact) mass is 314 g/mol. The van der Waals surface area contributed by atoms with Gasteiger partial charge >= 0.3 is 16.2 Å². The lowest BCUT2D eigenvalue weighted by molar-refractivity contribution is -0.143. The van der Waals surface area contributed by atoms with Gasteiger partial charge in [-0.3, -0.25) is 0 Å². The number of hydrogen-bond donors (Lipinski definition) is 0. The summed E-state index contributed by atoms with van der Waals surface area (Å²) < 4.78 is 77.9. The van der Waals surface area contributed by atoms with Gasteiger partial charge in [0.15, 0.2) is 0 Å². The van der Waals surface area contributed by atoms with Gasteiger partial charge in [0.2, 0.25) is 0 Å². The summed E-state index contributed by atoms with van der Waals surface area (Å²) in [6, 6.07) is 0. The zero-order valence-electron chi connectivity index (χ0n) is 6.28. The van der Waals surface area contributed by atoms with Crippen LogP contribution in [0.3, 0.4) is 0 Å². The quantitative estimate of drug-likeness (QED) is 0.463. The van der Waals surface area contributed by atoms with E-state index in [4.69, 9.17) is 0 Å². The van der Waals surface area contributed by atoms with Gasteiger partial charge in [-0.15, -0.1) is 0 Å². The first-order valence-electron chi connectivity index (χ1n) is 3.14. The Balaban J connectivity index is 3.55. The summed E-state index contributed by atoms with van der Waals surface area (Å²) in [6.07, 6.45) is 0. The predicted octanol–water partition coefficient (Wildman–Crippen LogP) is 4.25. The third kappa shape index (κ3) is 1.14. The first-order valence-corrected chi connectivity index (χ1v) is 4.65. The Hall–Kier alpha value is 0.740. The molecule has 90 valence electrons. The van der Waals surface area contributed by atoms with Crippen LogP contribution < -0.4 is 0 Å². The molecule has 0 aromatic rings. The molecular formula is C5Cl4F6. The molecule has 0 radical (unpaired) electrons. The first-order chi connectivity index (χ1) is 6.25. The highest BCUT2D eigenvalue weighted by Crippen LogP contribution is 2.72. The van der Waals surface area contributed by atoms with Gasteiger partial charge in [-0.2, -0.15) is 8.78 Å². The summed E-state index contributed by atoms with van der Waals surface area (Å²) in [7, 11) is 0. The van der Waals surface area contributed by atoms with Gasteiger partial charge in [0.05, 0.1) is 0 Å². The van der Waals surface area contributed by atoms with E-state index in [-0.39, 0.29) is 0 Å². The number of alkyl halides is 10. The Labute approximate surface area is 99.4 Å². The van der Waals surface area contributed by atoms with E-state index in [1.165, 1.54) is 0 Å². The van der Waals surface area contributed by atoms with Gasteiger partial charge in [0, 0.05) is 0 Å². The molecule has 0 saturated heterocycles. The molecule has 0 heterocycles. The van der Waals surface area contributed by atoms with Crippen molar-refractivity contribution in [3.05, 3.63) is 0 Å². The lowest BCUT2D eigenvalue weighted by Crippen LogP contribution is -2.49. The van der Waals surface area contributed by atoms with Crippen LogP contribution >= 0.6 is 46.4 Å². The van der Waals surface area contributed by atoms with Gasteiger partial charge in [0.1, 0.15) is 0 Å². The minimum Gasteiger partial charge on any atom is -0.216 e. The maximum Gasteiger partial charge on any atom is 0.351 e. The van der Waals surface area contributed by atoms with E-state index in [1.54, 1.807) is 0 Å². The van der Waals surface area contributed by atoms with Crippen molar-refractivity contribution in [2.45, 2.75) is 26.4 Å². The smallest absolute Gasteiger partial charge is 0.216 e. The fourth-order valence-corrected chi connectivity index (χ4v) is 2.15. The highest BCUT2D eigenvalue weighted by atomic mass is 35.5. The molecule has 4 atom stereocenters. The van der Waals surface area contributed by atoms with Gasteiger partial charge in [-0.05, 0) is 0 Å². The van der Waals surface area contributed by atoms with E-state index in [0.717, 1.165) is 0 Å². The maximum atomic E-state index is 13.1. The SMILES string of the molecule is FC1(F)[C@](F)(Cl)[C@](F)(Cl)[C@@](F)(Cl)[C@@]1(F)Cl. The average Bonchev–Trinajstić information content (AvgIpc) is 2.04. The number of hydrogen-bond acceptors (Lipinski definition) is 0. The van der Waals surface area contributed by atoms with Crippen LogP contribution in [0.25, 0.3) is 0 Å². The molecule has 0 nitrogen and oxygen atoms in total. The molecule has 15 heavy (non-hydrogen) atoms. The van der Waals surface area contributed by atoms with Crippen molar-refractivity contribution >= 4 is 46.4 Å². The molecule has 0 bridgehead atoms. The van der Waals surface area contributed by atoms with Crippen LogP contribution in [0, 0.1) is 0 Å². The van der Waals surface area contributed by atoms with Crippen LogP contribution in [0.15, 0.2) is 0 Å². The molecular weight excluding hydrogens is 316 g/mol. The number of halogens is 10. The van der Waals surface area contributed by atoms with E-state index in [1.807, 2.05) is 0 Å². The second kappa shape index (κ2) is 2.94. The molecule has 0 aromatic heterocycles. The fourth-order valence-electron chi connectivity index (χ4n) is 0.986. The van der Waals surface area contributed by atoms with Crippen LogP contribution in [-0.2, 0) is 0 Å². The zero-order chi connectivity index (χ0) is 12.5. The van der Waals surface area contributed by atoms with Crippen molar-refractivity contribution in [2.24, 2.45) is 0 Å². The fraction of sp³-hybridized carbons (Fsp3) is 1.00. The van der Waals surface area contributed by atoms with Crippen molar-refractivity contribution in [3.8, 4) is 0 Å². The minimum absolute atomic E-state index is 4.35. The maximum absolute atomic E-state index is 13.1. The van der Waals surface area contributed by atoms with Crippen molar-refractivity contribution in [1.82, 2.24) is 0 Å². The van der Waals surface area contributed by atoms with Crippen molar-refractivity contribution in [2.75, 3.05) is 0 Å². The zero-order valence-corrected chi connectivity index (χ0v) is 9.30. The Morgan fingerprint density at radius 1 is 0.467 bits per heavy atom. The van der Waals surface area contributed by atoms with Gasteiger partial charge in [-0.25, -0.2) is 17.6 Å². The molecule has 0 aromatic carbocycles. The van der Waals surface area contributed by atoms with E-state index >= 15 is 0 Å². The lowest BCUT2D eigenvalue weighted by atomic mass is 10.2. The highest BCUT2D eigenvalue weighted by molar-refractivity contribution is 6.45. The molecule has 1 aliphatic rings. The van der Waals surface area contributed by atoms with E-state index in [2.05, 4.69) is 46.4 Å². The normalized spacial score (nSPS) is 59.6. The molecule has 0 spiro atoms. The van der Waals surface area contributed by atoms with E-state index < -0.39 is 26.4 Å². The summed E-state index contributed by atoms with van der Waals surface area (Å²) in [5, 5.41) is -19.3. The van der Waals surface area contributed by atoms with E-state index in [0.29, 0.717) is 0 Å². The molecule has 1 saturated carbocycles. The second-order valence-electron chi connectivity index (χ2n) is 2.87.